The molecule has 1 saturated heterocycles. The summed E-state index contributed by atoms with van der Waals surface area (Å²) in [5, 5.41) is 2.71. The fourth-order valence-electron chi connectivity index (χ4n) is 3.66. The SMILES string of the molecule is CC(C)[C@H](c1ncc(-c2ccc(I)cc2)[nH]1)N1C(=O)N[C@@H](CCC(=O)OC(C)(C)C)C1=O. The fourth-order valence-corrected chi connectivity index (χ4v) is 4.02. The predicted molar refractivity (Wildman–Crippen MR) is 129 cm³/mol. The molecule has 0 aliphatic carbocycles. The lowest BCUT2D eigenvalue weighted by Crippen LogP contribution is -2.38. The van der Waals surface area contributed by atoms with Crippen LogP contribution in [0.2, 0.25) is 0 Å². The number of aromatic amines is 1. The van der Waals surface area contributed by atoms with Crippen LogP contribution in [0.3, 0.4) is 0 Å². The molecule has 0 unspecified atom stereocenters. The van der Waals surface area contributed by atoms with Gasteiger partial charge in [0, 0.05) is 9.99 Å². The lowest BCUT2D eigenvalue weighted by Gasteiger charge is -2.27. The largest absolute Gasteiger partial charge is 0.460 e. The number of urea groups is 1. The van der Waals surface area contributed by atoms with Gasteiger partial charge in [0.1, 0.15) is 23.5 Å². The summed E-state index contributed by atoms with van der Waals surface area (Å²) in [6.45, 7) is 9.24. The van der Waals surface area contributed by atoms with E-state index in [-0.39, 0.29) is 24.7 Å². The molecule has 1 aromatic carbocycles. The molecule has 1 aromatic heterocycles. The maximum absolute atomic E-state index is 13.1. The van der Waals surface area contributed by atoms with E-state index < -0.39 is 29.7 Å². The number of ether oxygens (including phenoxy) is 1. The maximum atomic E-state index is 13.1. The summed E-state index contributed by atoms with van der Waals surface area (Å²) in [6.07, 6.45) is 1.95. The number of hydrogen-bond donors (Lipinski definition) is 2. The van der Waals surface area contributed by atoms with Gasteiger partial charge in [-0.3, -0.25) is 14.5 Å². The molecule has 1 aliphatic rings. The number of nitrogens with one attached hydrogen (secondary N) is 2. The molecule has 2 aromatic rings. The maximum Gasteiger partial charge on any atom is 0.325 e. The van der Waals surface area contributed by atoms with Crippen molar-refractivity contribution in [1.82, 2.24) is 20.2 Å². The van der Waals surface area contributed by atoms with E-state index in [0.29, 0.717) is 5.82 Å². The monoisotopic (exact) mass is 552 g/mol. The normalized spacial score (nSPS) is 17.6. The number of benzene rings is 1. The summed E-state index contributed by atoms with van der Waals surface area (Å²) >= 11 is 2.25. The molecule has 3 rings (SSSR count). The molecule has 2 heterocycles. The number of imidazole rings is 1. The van der Waals surface area contributed by atoms with E-state index in [0.717, 1.165) is 14.8 Å². The van der Waals surface area contributed by atoms with Gasteiger partial charge >= 0.3 is 12.0 Å². The average Bonchev–Trinajstić information content (AvgIpc) is 3.26. The standard InChI is InChI=1S/C23H29IN4O4/c1-13(2)19(20-25-12-17(26-20)14-6-8-15(24)9-7-14)28-21(30)16(27-22(28)31)10-11-18(29)32-23(3,4)5/h6-9,12-13,16,19H,10-11H2,1-5H3,(H,25,26)(H,27,31)/t16-,19+/m0/s1. The van der Waals surface area contributed by atoms with Crippen LogP contribution >= 0.6 is 22.6 Å². The topological polar surface area (TPSA) is 104 Å². The van der Waals surface area contributed by atoms with Gasteiger partial charge in [-0.15, -0.1) is 0 Å². The number of halogens is 1. The third-order valence-corrected chi connectivity index (χ3v) is 5.77. The van der Waals surface area contributed by atoms with Crippen molar-refractivity contribution in [2.75, 3.05) is 0 Å². The summed E-state index contributed by atoms with van der Waals surface area (Å²) in [7, 11) is 0. The van der Waals surface area contributed by atoms with Gasteiger partial charge in [-0.25, -0.2) is 9.78 Å². The Labute approximate surface area is 201 Å². The van der Waals surface area contributed by atoms with Gasteiger partial charge < -0.3 is 15.0 Å². The Morgan fingerprint density at radius 2 is 1.88 bits per heavy atom. The molecule has 32 heavy (non-hydrogen) atoms. The zero-order valence-corrected chi connectivity index (χ0v) is 21.1. The second-order valence-corrected chi connectivity index (χ2v) is 10.5. The molecule has 3 amide bonds. The minimum absolute atomic E-state index is 0.0475. The Bertz CT molecular complexity index is 994. The molecule has 2 atom stereocenters. The van der Waals surface area contributed by atoms with Gasteiger partial charge in [-0.05, 0) is 73.4 Å². The van der Waals surface area contributed by atoms with Crippen molar-refractivity contribution in [3.8, 4) is 11.3 Å². The number of imide groups is 1. The summed E-state index contributed by atoms with van der Waals surface area (Å²) in [4.78, 5) is 46.8. The molecular formula is C23H29IN4O4. The van der Waals surface area contributed by atoms with Crippen LogP contribution in [0.1, 0.15) is 59.3 Å². The van der Waals surface area contributed by atoms with Crippen LogP contribution in [0.4, 0.5) is 4.79 Å². The van der Waals surface area contributed by atoms with E-state index in [1.54, 1.807) is 27.0 Å². The van der Waals surface area contributed by atoms with Crippen molar-refractivity contribution in [1.29, 1.82) is 0 Å². The van der Waals surface area contributed by atoms with Crippen molar-refractivity contribution in [3.63, 3.8) is 0 Å². The van der Waals surface area contributed by atoms with Crippen LogP contribution in [0.25, 0.3) is 11.3 Å². The summed E-state index contributed by atoms with van der Waals surface area (Å²) in [6, 6.07) is 6.20. The third-order valence-electron chi connectivity index (χ3n) is 5.05. The molecule has 0 saturated carbocycles. The number of nitrogens with zero attached hydrogens (tertiary/aromatic N) is 2. The Morgan fingerprint density at radius 3 is 2.47 bits per heavy atom. The Morgan fingerprint density at radius 1 is 1.22 bits per heavy atom. The molecule has 1 fully saturated rings. The highest BCUT2D eigenvalue weighted by atomic mass is 127. The first-order valence-electron chi connectivity index (χ1n) is 10.6. The molecular weight excluding hydrogens is 523 g/mol. The van der Waals surface area contributed by atoms with Crippen LogP contribution in [-0.4, -0.2) is 44.4 Å². The molecule has 0 spiro atoms. The van der Waals surface area contributed by atoms with Crippen LogP contribution in [-0.2, 0) is 14.3 Å². The second kappa shape index (κ2) is 9.60. The van der Waals surface area contributed by atoms with E-state index >= 15 is 0 Å². The highest BCUT2D eigenvalue weighted by Crippen LogP contribution is 2.32. The molecule has 0 radical (unpaired) electrons. The first kappa shape index (κ1) is 24.2. The number of carbonyl (C=O) groups is 3. The molecule has 0 bridgehead atoms. The van der Waals surface area contributed by atoms with Gasteiger partial charge in [0.05, 0.1) is 11.9 Å². The minimum atomic E-state index is -0.762. The van der Waals surface area contributed by atoms with Crippen LogP contribution < -0.4 is 5.32 Å². The summed E-state index contributed by atoms with van der Waals surface area (Å²) in [5.41, 5.74) is 1.19. The van der Waals surface area contributed by atoms with E-state index in [2.05, 4.69) is 37.9 Å². The van der Waals surface area contributed by atoms with Crippen molar-refractivity contribution in [2.24, 2.45) is 5.92 Å². The van der Waals surface area contributed by atoms with Gasteiger partial charge in [-0.1, -0.05) is 26.0 Å². The van der Waals surface area contributed by atoms with E-state index in [1.807, 2.05) is 38.1 Å². The predicted octanol–water partition coefficient (Wildman–Crippen LogP) is 4.42. The van der Waals surface area contributed by atoms with Gasteiger partial charge in [0.2, 0.25) is 0 Å². The van der Waals surface area contributed by atoms with Crippen molar-refractivity contribution >= 4 is 40.5 Å². The molecule has 2 N–H and O–H groups in total. The van der Waals surface area contributed by atoms with Gasteiger partial charge in [-0.2, -0.15) is 0 Å². The van der Waals surface area contributed by atoms with Crippen molar-refractivity contribution in [2.45, 2.75) is 65.1 Å². The lowest BCUT2D eigenvalue weighted by molar-refractivity contribution is -0.155. The molecule has 8 nitrogen and oxygen atoms in total. The highest BCUT2D eigenvalue weighted by Gasteiger charge is 2.44. The number of carbonyl (C=O) groups excluding carboxylic acids is 3. The lowest BCUT2D eigenvalue weighted by atomic mass is 10.0. The number of esters is 1. The zero-order chi connectivity index (χ0) is 23.6. The van der Waals surface area contributed by atoms with Crippen LogP contribution in [0, 0.1) is 9.49 Å². The average molecular weight is 552 g/mol. The van der Waals surface area contributed by atoms with Gasteiger partial charge in [0.25, 0.3) is 5.91 Å². The number of H-pyrrole nitrogens is 1. The van der Waals surface area contributed by atoms with Crippen LogP contribution in [0.15, 0.2) is 30.5 Å². The molecule has 9 heteroatoms. The number of rotatable bonds is 7. The molecule has 172 valence electrons. The van der Waals surface area contributed by atoms with Crippen molar-refractivity contribution < 1.29 is 19.1 Å². The Balaban J connectivity index is 1.75. The first-order chi connectivity index (χ1) is 15.0. The first-order valence-corrected chi connectivity index (χ1v) is 11.7. The summed E-state index contributed by atoms with van der Waals surface area (Å²) in [5.74, 6) is -0.272. The van der Waals surface area contributed by atoms with E-state index in [9.17, 15) is 14.4 Å². The number of hydrogen-bond acceptors (Lipinski definition) is 5. The second-order valence-electron chi connectivity index (χ2n) is 9.21. The number of aromatic nitrogens is 2. The smallest absolute Gasteiger partial charge is 0.325 e. The van der Waals surface area contributed by atoms with Crippen LogP contribution in [0.5, 0.6) is 0 Å². The quantitative estimate of drug-likeness (QED) is 0.301. The minimum Gasteiger partial charge on any atom is -0.460 e. The van der Waals surface area contributed by atoms with Crippen molar-refractivity contribution in [3.05, 3.63) is 39.9 Å². The fraction of sp³-hybridized carbons (Fsp3) is 0.478. The highest BCUT2D eigenvalue weighted by molar-refractivity contribution is 14.1. The van der Waals surface area contributed by atoms with E-state index in [1.165, 1.54) is 4.90 Å². The Hall–Kier alpha value is -2.43. The zero-order valence-electron chi connectivity index (χ0n) is 18.9. The van der Waals surface area contributed by atoms with Gasteiger partial charge in [0.15, 0.2) is 0 Å². The van der Waals surface area contributed by atoms with E-state index in [4.69, 9.17) is 4.74 Å². The Kier molecular flexibility index (Phi) is 7.26. The third kappa shape index (κ3) is 5.67. The molecule has 1 aliphatic heterocycles. The summed E-state index contributed by atoms with van der Waals surface area (Å²) < 4.78 is 6.43. The number of amides is 3.